The fraction of sp³-hybridized carbons (Fsp3) is 0.605. The lowest BCUT2D eigenvalue weighted by Gasteiger charge is -2.35. The highest BCUT2D eigenvalue weighted by Gasteiger charge is 2.44. The summed E-state index contributed by atoms with van der Waals surface area (Å²) in [6.07, 6.45) is 1.00. The number of imide groups is 1. The smallest absolute Gasteiger partial charge is 0.335 e. The number of amides is 5. The molecular weight excluding hydrogens is 751 g/mol. The number of likely N-dealkylation sites (tertiary alicyclic amines) is 1. The third-order valence-electron chi connectivity index (χ3n) is 8.95. The Morgan fingerprint density at radius 2 is 1.46 bits per heavy atom. The van der Waals surface area contributed by atoms with Crippen molar-refractivity contribution in [2.24, 2.45) is 5.41 Å². The summed E-state index contributed by atoms with van der Waals surface area (Å²) in [4.78, 5) is 81.9. The number of β-amino-alcohol motifs (C(OH)–C–C–N with tert-alkyl or cyclic N) is 1. The van der Waals surface area contributed by atoms with Gasteiger partial charge in [0.15, 0.2) is 0 Å². The first kappa shape index (κ1) is 44.4. The maximum Gasteiger partial charge on any atom is 0.335 e. The van der Waals surface area contributed by atoms with Crippen molar-refractivity contribution in [1.29, 1.82) is 0 Å². The summed E-state index contributed by atoms with van der Waals surface area (Å²) < 4.78 is 25.9. The number of aromatic nitrogens is 1. The number of hydrogen-bond donors (Lipinski definition) is 3. The van der Waals surface area contributed by atoms with Gasteiger partial charge in [0.25, 0.3) is 11.8 Å². The lowest BCUT2D eigenvalue weighted by Crippen LogP contribution is -2.57. The SMILES string of the molecule is Cc1cnsc1-c1ccc(CNC(=O)[C@@H]2C[C@@H](O)CN2C(=O)C(NC(=O)CCOCCOCCOCCOCCC(=O)ON2C(=O)CCC2=O)C(C)(C)C)cc1. The largest absolute Gasteiger partial charge is 0.391 e. The summed E-state index contributed by atoms with van der Waals surface area (Å²) >= 11 is 1.43. The average molecular weight is 804 g/mol. The highest BCUT2D eigenvalue weighted by Crippen LogP contribution is 2.28. The Balaban J connectivity index is 1.07. The number of hydrogen-bond acceptors (Lipinski definition) is 14. The van der Waals surface area contributed by atoms with Crippen molar-refractivity contribution in [2.75, 3.05) is 59.4 Å². The first-order chi connectivity index (χ1) is 26.7. The molecule has 3 atom stereocenters. The molecule has 0 radical (unpaired) electrons. The third-order valence-corrected chi connectivity index (χ3v) is 9.90. The molecule has 1 aromatic carbocycles. The van der Waals surface area contributed by atoms with E-state index in [0.29, 0.717) is 18.3 Å². The van der Waals surface area contributed by atoms with Crippen LogP contribution < -0.4 is 10.6 Å². The van der Waals surface area contributed by atoms with E-state index < -0.39 is 47.3 Å². The molecule has 3 N–H and O–H groups in total. The van der Waals surface area contributed by atoms with Crippen LogP contribution in [0.25, 0.3) is 10.4 Å². The van der Waals surface area contributed by atoms with Gasteiger partial charge in [0, 0.05) is 45.0 Å². The van der Waals surface area contributed by atoms with Crippen molar-refractivity contribution in [3.8, 4) is 10.4 Å². The van der Waals surface area contributed by atoms with Crippen LogP contribution in [0.15, 0.2) is 30.5 Å². The molecule has 2 fully saturated rings. The Bertz CT molecular complexity index is 1630. The number of rotatable bonds is 22. The van der Waals surface area contributed by atoms with Gasteiger partial charge in [0.2, 0.25) is 17.7 Å². The van der Waals surface area contributed by atoms with Gasteiger partial charge in [-0.15, -0.1) is 5.06 Å². The van der Waals surface area contributed by atoms with Gasteiger partial charge in [-0.25, -0.2) is 9.17 Å². The Morgan fingerprint density at radius 3 is 2.02 bits per heavy atom. The van der Waals surface area contributed by atoms with Crippen molar-refractivity contribution in [3.63, 3.8) is 0 Å². The molecule has 0 saturated carbocycles. The minimum Gasteiger partial charge on any atom is -0.391 e. The number of ether oxygens (including phenoxy) is 4. The van der Waals surface area contributed by atoms with Crippen LogP contribution in [0, 0.1) is 12.3 Å². The summed E-state index contributed by atoms with van der Waals surface area (Å²) in [5.74, 6) is -3.01. The van der Waals surface area contributed by atoms with Crippen LogP contribution in [0.3, 0.4) is 0 Å². The van der Waals surface area contributed by atoms with E-state index in [4.69, 9.17) is 23.8 Å². The van der Waals surface area contributed by atoms with Gasteiger partial charge in [-0.2, -0.15) is 0 Å². The van der Waals surface area contributed by atoms with Crippen LogP contribution in [0.5, 0.6) is 0 Å². The van der Waals surface area contributed by atoms with Gasteiger partial charge in [0.05, 0.1) is 70.3 Å². The molecule has 1 aromatic heterocycles. The number of aliphatic hydroxyl groups excluding tert-OH is 1. The zero-order chi connectivity index (χ0) is 40.7. The molecule has 4 rings (SSSR count). The zero-order valence-corrected chi connectivity index (χ0v) is 33.2. The zero-order valence-electron chi connectivity index (χ0n) is 32.4. The molecule has 3 heterocycles. The molecule has 0 aliphatic carbocycles. The van der Waals surface area contributed by atoms with E-state index in [2.05, 4.69) is 15.0 Å². The number of carbonyl (C=O) groups is 6. The number of aryl methyl sites for hydroxylation is 1. The monoisotopic (exact) mass is 803 g/mol. The molecule has 0 bridgehead atoms. The van der Waals surface area contributed by atoms with Crippen molar-refractivity contribution in [3.05, 3.63) is 41.6 Å². The van der Waals surface area contributed by atoms with Gasteiger partial charge < -0.3 is 44.4 Å². The molecule has 2 saturated heterocycles. The summed E-state index contributed by atoms with van der Waals surface area (Å²) in [6.45, 7) is 9.46. The van der Waals surface area contributed by atoms with Gasteiger partial charge >= 0.3 is 5.97 Å². The summed E-state index contributed by atoms with van der Waals surface area (Å²) in [7, 11) is 0. The summed E-state index contributed by atoms with van der Waals surface area (Å²) in [5.41, 5.74) is 2.34. The topological polar surface area (TPSA) is 212 Å². The molecule has 17 nitrogen and oxygen atoms in total. The number of aliphatic hydroxyl groups is 1. The Hall–Kier alpha value is -4.33. The third kappa shape index (κ3) is 13.7. The van der Waals surface area contributed by atoms with E-state index in [0.717, 1.165) is 21.6 Å². The Morgan fingerprint density at radius 1 is 0.893 bits per heavy atom. The normalized spacial score (nSPS) is 17.7. The molecule has 18 heteroatoms. The fourth-order valence-corrected chi connectivity index (χ4v) is 6.65. The number of nitrogens with one attached hydrogen (secondary N) is 2. The maximum absolute atomic E-state index is 13.8. The predicted octanol–water partition coefficient (Wildman–Crippen LogP) is 1.68. The van der Waals surface area contributed by atoms with Crippen molar-refractivity contribution < 1.29 is 57.7 Å². The highest BCUT2D eigenvalue weighted by atomic mass is 32.1. The van der Waals surface area contributed by atoms with E-state index >= 15 is 0 Å². The lowest BCUT2D eigenvalue weighted by atomic mass is 9.85. The van der Waals surface area contributed by atoms with E-state index in [1.807, 2.05) is 58.2 Å². The second-order valence-electron chi connectivity index (χ2n) is 14.5. The van der Waals surface area contributed by atoms with Crippen LogP contribution in [-0.4, -0.2) is 133 Å². The van der Waals surface area contributed by atoms with Crippen molar-refractivity contribution in [1.82, 2.24) is 25.0 Å². The highest BCUT2D eigenvalue weighted by molar-refractivity contribution is 7.09. The molecule has 0 spiro atoms. The predicted molar refractivity (Wildman–Crippen MR) is 201 cm³/mol. The Labute approximate surface area is 330 Å². The number of carbonyl (C=O) groups excluding carboxylic acids is 6. The van der Waals surface area contributed by atoms with Crippen LogP contribution >= 0.6 is 11.5 Å². The number of nitrogens with zero attached hydrogens (tertiary/aromatic N) is 3. The molecule has 5 amide bonds. The van der Waals surface area contributed by atoms with E-state index in [-0.39, 0.29) is 96.6 Å². The van der Waals surface area contributed by atoms with Crippen LogP contribution in [0.4, 0.5) is 0 Å². The molecule has 2 aromatic rings. The van der Waals surface area contributed by atoms with Gasteiger partial charge in [-0.1, -0.05) is 45.0 Å². The van der Waals surface area contributed by atoms with Crippen molar-refractivity contribution in [2.45, 2.75) is 84.5 Å². The first-order valence-corrected chi connectivity index (χ1v) is 19.5. The number of benzene rings is 1. The van der Waals surface area contributed by atoms with Crippen LogP contribution in [0.2, 0.25) is 0 Å². The summed E-state index contributed by atoms with van der Waals surface area (Å²) in [5, 5.41) is 16.7. The maximum atomic E-state index is 13.8. The number of hydroxylamine groups is 2. The molecule has 2 aliphatic rings. The fourth-order valence-electron chi connectivity index (χ4n) is 5.89. The standard InChI is InChI=1S/C38H53N5O12S/c1-25-22-40-56-34(25)27-7-5-26(6-8-27)23-39-36(49)29-21-28(44)24-42(29)37(50)35(38(2,3)4)41-30(45)11-13-51-15-17-53-19-20-54-18-16-52-14-12-33(48)55-43-31(46)9-10-32(43)47/h5-8,22,28-29,35,44H,9-21,23-24H2,1-4H3,(H,39,49)(H,41,45)/t28-,29+,35?/m1/s1. The molecule has 1 unspecified atom stereocenters. The lowest BCUT2D eigenvalue weighted by molar-refractivity contribution is -0.198. The van der Waals surface area contributed by atoms with Gasteiger partial charge in [-0.05, 0) is 40.6 Å². The van der Waals surface area contributed by atoms with Crippen molar-refractivity contribution >= 4 is 47.0 Å². The van der Waals surface area contributed by atoms with Crippen LogP contribution in [-0.2, 0) is 59.1 Å². The molecule has 308 valence electrons. The summed E-state index contributed by atoms with van der Waals surface area (Å²) in [6, 6.07) is 6.00. The van der Waals surface area contributed by atoms with E-state index in [9.17, 15) is 33.9 Å². The van der Waals surface area contributed by atoms with Gasteiger partial charge in [0.1, 0.15) is 12.1 Å². The molecule has 2 aliphatic heterocycles. The van der Waals surface area contributed by atoms with E-state index in [1.165, 1.54) is 16.4 Å². The van der Waals surface area contributed by atoms with Gasteiger partial charge in [-0.3, -0.25) is 24.0 Å². The second kappa shape index (κ2) is 21.8. The minimum atomic E-state index is -0.942. The molecular formula is C38H53N5O12S. The van der Waals surface area contributed by atoms with Crippen LogP contribution in [0.1, 0.15) is 64.0 Å². The quantitative estimate of drug-likeness (QED) is 0.114. The minimum absolute atomic E-state index is 0.00307. The molecule has 56 heavy (non-hydrogen) atoms. The first-order valence-electron chi connectivity index (χ1n) is 18.7. The second-order valence-corrected chi connectivity index (χ2v) is 15.3. The Kier molecular flexibility index (Phi) is 17.3. The van der Waals surface area contributed by atoms with E-state index in [1.54, 1.807) is 0 Å². The average Bonchev–Trinajstić information content (AvgIpc) is 3.86.